The van der Waals surface area contributed by atoms with Crippen LogP contribution in [0.5, 0.6) is 0 Å². The number of nitrogens with zero attached hydrogens (tertiary/aromatic N) is 3. The van der Waals surface area contributed by atoms with Gasteiger partial charge >= 0.3 is 17.8 Å². The zero-order valence-electron chi connectivity index (χ0n) is 10.1. The first-order chi connectivity index (χ1) is 8.95. The predicted molar refractivity (Wildman–Crippen MR) is 64.5 cm³/mol. The van der Waals surface area contributed by atoms with Crippen LogP contribution in [-0.4, -0.2) is 35.6 Å². The first-order valence-corrected chi connectivity index (χ1v) is 5.20. The number of carbonyl (C=O) groups excluding carboxylic acids is 2. The second kappa shape index (κ2) is 6.28. The highest BCUT2D eigenvalue weighted by Crippen LogP contribution is 2.16. The summed E-state index contributed by atoms with van der Waals surface area (Å²) in [4.78, 5) is 36.7. The summed E-state index contributed by atoms with van der Waals surface area (Å²) >= 11 is 0. The van der Waals surface area contributed by atoms with Gasteiger partial charge < -0.3 is 20.6 Å². The van der Waals surface area contributed by atoms with Crippen molar-refractivity contribution >= 4 is 23.5 Å². The van der Waals surface area contributed by atoms with Crippen molar-refractivity contribution in [2.24, 2.45) is 5.73 Å². The zero-order valence-corrected chi connectivity index (χ0v) is 10.1. The molecule has 0 aromatic carbocycles. The number of anilines is 1. The molecule has 0 fully saturated rings. The third-order valence-corrected chi connectivity index (χ3v) is 2.26. The molecule has 19 heavy (non-hydrogen) atoms. The molecule has 1 aromatic rings. The van der Waals surface area contributed by atoms with Crippen LogP contribution in [0.3, 0.4) is 0 Å². The summed E-state index contributed by atoms with van der Waals surface area (Å²) in [5, 5.41) is 10.4. The largest absolute Gasteiger partial charge is 0.469 e. The molecule has 9 nitrogen and oxygen atoms in total. The first-order valence-electron chi connectivity index (χ1n) is 5.20. The Hall–Kier alpha value is -2.71. The van der Waals surface area contributed by atoms with Crippen molar-refractivity contribution in [2.75, 3.05) is 18.6 Å². The molecule has 0 unspecified atom stereocenters. The molecule has 0 atom stereocenters. The molecule has 2 N–H and O–H groups in total. The number of carbonyl (C=O) groups is 2. The van der Waals surface area contributed by atoms with Gasteiger partial charge in [-0.1, -0.05) is 0 Å². The topological polar surface area (TPSA) is 129 Å². The molecule has 0 spiro atoms. The summed E-state index contributed by atoms with van der Waals surface area (Å²) in [6.07, 6.45) is 1.09. The molecule has 102 valence electrons. The molecule has 0 saturated carbocycles. The average molecular weight is 268 g/mol. The molecule has 1 aromatic heterocycles. The van der Waals surface area contributed by atoms with Gasteiger partial charge in [0.1, 0.15) is 0 Å². The lowest BCUT2D eigenvalue weighted by atomic mass is 10.3. The van der Waals surface area contributed by atoms with Gasteiger partial charge in [0.2, 0.25) is 0 Å². The Morgan fingerprint density at radius 2 is 2.21 bits per heavy atom. The number of amides is 2. The van der Waals surface area contributed by atoms with E-state index in [9.17, 15) is 19.7 Å². The van der Waals surface area contributed by atoms with Crippen LogP contribution in [0, 0.1) is 10.1 Å². The van der Waals surface area contributed by atoms with Gasteiger partial charge in [0.25, 0.3) is 0 Å². The molecule has 9 heteroatoms. The minimum atomic E-state index is -0.792. The van der Waals surface area contributed by atoms with Crippen LogP contribution in [-0.2, 0) is 9.53 Å². The maximum Gasteiger partial charge on any atom is 0.363 e. The number of hydrogen-bond donors (Lipinski definition) is 1. The monoisotopic (exact) mass is 268 g/mol. The number of methoxy groups -OCH3 is 1. The quantitative estimate of drug-likeness (QED) is 0.468. The van der Waals surface area contributed by atoms with Crippen molar-refractivity contribution in [1.82, 2.24) is 4.98 Å². The van der Waals surface area contributed by atoms with Gasteiger partial charge in [0, 0.05) is 12.6 Å². The second-order valence-corrected chi connectivity index (χ2v) is 3.45. The van der Waals surface area contributed by atoms with E-state index in [-0.39, 0.29) is 24.5 Å². The number of hydrogen-bond acceptors (Lipinski definition) is 6. The Morgan fingerprint density at radius 1 is 1.53 bits per heavy atom. The Bertz CT molecular complexity index is 487. The van der Waals surface area contributed by atoms with Crippen molar-refractivity contribution in [1.29, 1.82) is 0 Å². The number of pyridine rings is 1. The summed E-state index contributed by atoms with van der Waals surface area (Å²) in [5.74, 6) is -0.845. The van der Waals surface area contributed by atoms with Crippen LogP contribution in [0.2, 0.25) is 0 Å². The predicted octanol–water partition coefficient (Wildman–Crippen LogP) is 0.438. The lowest BCUT2D eigenvalue weighted by Crippen LogP contribution is -2.37. The second-order valence-electron chi connectivity index (χ2n) is 3.45. The third kappa shape index (κ3) is 3.91. The summed E-state index contributed by atoms with van der Waals surface area (Å²) < 4.78 is 4.44. The van der Waals surface area contributed by atoms with Crippen LogP contribution < -0.4 is 10.6 Å². The van der Waals surface area contributed by atoms with Crippen molar-refractivity contribution < 1.29 is 19.2 Å². The highest BCUT2D eigenvalue weighted by molar-refractivity contribution is 5.91. The molecule has 0 aliphatic carbocycles. The SMILES string of the molecule is COC(=O)CCN(C(N)=O)c1ccc([N+](=O)[O-])nc1. The summed E-state index contributed by atoms with van der Waals surface area (Å²) in [7, 11) is 1.23. The molecule has 2 amide bonds. The van der Waals surface area contributed by atoms with E-state index in [0.717, 1.165) is 17.2 Å². The maximum atomic E-state index is 11.3. The van der Waals surface area contributed by atoms with Crippen molar-refractivity contribution in [3.63, 3.8) is 0 Å². The molecule has 0 aliphatic heterocycles. The van der Waals surface area contributed by atoms with Gasteiger partial charge in [-0.15, -0.1) is 0 Å². The first kappa shape index (κ1) is 14.4. The third-order valence-electron chi connectivity index (χ3n) is 2.26. The van der Waals surface area contributed by atoms with Gasteiger partial charge in [-0.3, -0.25) is 9.69 Å². The lowest BCUT2D eigenvalue weighted by molar-refractivity contribution is -0.389. The van der Waals surface area contributed by atoms with Crippen molar-refractivity contribution in [2.45, 2.75) is 6.42 Å². The Balaban J connectivity index is 2.84. The Morgan fingerprint density at radius 3 is 2.63 bits per heavy atom. The van der Waals surface area contributed by atoms with Gasteiger partial charge in [-0.2, -0.15) is 0 Å². The van der Waals surface area contributed by atoms with E-state index in [0.29, 0.717) is 0 Å². The van der Waals surface area contributed by atoms with Crippen LogP contribution >= 0.6 is 0 Å². The minimum absolute atomic E-state index is 0.00149. The number of nitrogens with two attached hydrogens (primary N) is 1. The van der Waals surface area contributed by atoms with Gasteiger partial charge in [0.05, 0.1) is 19.2 Å². The molecule has 0 bridgehead atoms. The summed E-state index contributed by atoms with van der Waals surface area (Å²) in [6, 6.07) is 1.68. The number of ether oxygens (including phenoxy) is 1. The molecule has 1 rings (SSSR count). The van der Waals surface area contributed by atoms with E-state index in [1.165, 1.54) is 13.2 Å². The highest BCUT2D eigenvalue weighted by atomic mass is 16.6. The van der Waals surface area contributed by atoms with Crippen LogP contribution in [0.15, 0.2) is 18.3 Å². The van der Waals surface area contributed by atoms with Crippen LogP contribution in [0.4, 0.5) is 16.3 Å². The molecular weight excluding hydrogens is 256 g/mol. The number of primary amides is 1. The maximum absolute atomic E-state index is 11.3. The van der Waals surface area contributed by atoms with Gasteiger partial charge in [-0.05, 0) is 16.0 Å². The zero-order chi connectivity index (χ0) is 14.4. The van der Waals surface area contributed by atoms with Gasteiger partial charge in [0.15, 0.2) is 6.20 Å². The Labute approximate surface area is 108 Å². The number of nitro groups is 1. The van der Waals surface area contributed by atoms with Crippen molar-refractivity contribution in [3.8, 4) is 0 Å². The van der Waals surface area contributed by atoms with Crippen molar-refractivity contribution in [3.05, 3.63) is 28.4 Å². The molecule has 0 aliphatic rings. The smallest absolute Gasteiger partial charge is 0.363 e. The minimum Gasteiger partial charge on any atom is -0.469 e. The van der Waals surface area contributed by atoms with E-state index in [4.69, 9.17) is 5.73 Å². The number of rotatable bonds is 5. The molecule has 0 saturated heterocycles. The van der Waals surface area contributed by atoms with E-state index >= 15 is 0 Å². The van der Waals surface area contributed by atoms with Gasteiger partial charge in [-0.25, -0.2) is 4.79 Å². The highest BCUT2D eigenvalue weighted by Gasteiger charge is 2.17. The standard InChI is InChI=1S/C10H12N4O5/c1-19-9(15)4-5-13(10(11)16)7-2-3-8(12-6-7)14(17)18/h2-3,6H,4-5H2,1H3,(H2,11,16). The molecular formula is C10H12N4O5. The van der Waals surface area contributed by atoms with Crippen LogP contribution in [0.1, 0.15) is 6.42 Å². The number of esters is 1. The fourth-order valence-corrected chi connectivity index (χ4v) is 1.32. The fraction of sp³-hybridized carbons (Fsp3) is 0.300. The lowest BCUT2D eigenvalue weighted by Gasteiger charge is -2.18. The van der Waals surface area contributed by atoms with E-state index < -0.39 is 16.9 Å². The normalized spacial score (nSPS) is 9.74. The average Bonchev–Trinajstić information content (AvgIpc) is 2.38. The fourth-order valence-electron chi connectivity index (χ4n) is 1.32. The number of urea groups is 1. The number of aromatic nitrogens is 1. The van der Waals surface area contributed by atoms with E-state index in [2.05, 4.69) is 9.72 Å². The van der Waals surface area contributed by atoms with Crippen LogP contribution in [0.25, 0.3) is 0 Å². The van der Waals surface area contributed by atoms with E-state index in [1.54, 1.807) is 0 Å². The molecule has 0 radical (unpaired) electrons. The van der Waals surface area contributed by atoms with E-state index in [1.807, 2.05) is 0 Å². The summed E-state index contributed by atoms with van der Waals surface area (Å²) in [5.41, 5.74) is 5.43. The molecule has 1 heterocycles. The Kier molecular flexibility index (Phi) is 4.75. The summed E-state index contributed by atoms with van der Waals surface area (Å²) in [6.45, 7) is 0.00149.